The van der Waals surface area contributed by atoms with Crippen LogP contribution < -0.4 is 5.32 Å². The van der Waals surface area contributed by atoms with E-state index in [9.17, 15) is 9.90 Å². The summed E-state index contributed by atoms with van der Waals surface area (Å²) in [5.74, 6) is 0.0596. The van der Waals surface area contributed by atoms with Crippen LogP contribution in [0.3, 0.4) is 0 Å². The molecule has 3 aromatic rings. The van der Waals surface area contributed by atoms with E-state index in [1.54, 1.807) is 23.1 Å². The molecule has 0 saturated heterocycles. The molecule has 134 valence electrons. The van der Waals surface area contributed by atoms with Crippen molar-refractivity contribution >= 4 is 5.91 Å². The van der Waals surface area contributed by atoms with Crippen LogP contribution in [0.1, 0.15) is 23.3 Å². The molecule has 1 amide bonds. The van der Waals surface area contributed by atoms with Crippen molar-refractivity contribution < 1.29 is 9.90 Å². The van der Waals surface area contributed by atoms with Crippen molar-refractivity contribution in [1.29, 1.82) is 0 Å². The summed E-state index contributed by atoms with van der Waals surface area (Å²) < 4.78 is 3.48. The van der Waals surface area contributed by atoms with Crippen LogP contribution in [-0.4, -0.2) is 42.7 Å². The van der Waals surface area contributed by atoms with E-state index >= 15 is 0 Å². The Kier molecular flexibility index (Phi) is 4.53. The Morgan fingerprint density at radius 1 is 1.12 bits per heavy atom. The zero-order valence-electron chi connectivity index (χ0n) is 14.3. The molecule has 0 radical (unpaired) electrons. The van der Waals surface area contributed by atoms with E-state index in [-0.39, 0.29) is 17.9 Å². The van der Waals surface area contributed by atoms with Crippen LogP contribution in [0, 0.1) is 5.92 Å². The molecular weight excluding hydrogens is 330 g/mol. The predicted molar refractivity (Wildman–Crippen MR) is 95.8 cm³/mol. The molecule has 1 aliphatic carbocycles. The molecule has 2 N–H and O–H groups in total. The molecule has 1 fully saturated rings. The van der Waals surface area contributed by atoms with Crippen molar-refractivity contribution in [3.63, 3.8) is 0 Å². The lowest BCUT2D eigenvalue weighted by atomic mass is 10.1. The van der Waals surface area contributed by atoms with Crippen molar-refractivity contribution in [2.24, 2.45) is 5.92 Å². The third kappa shape index (κ3) is 3.39. The number of hydrogen-bond donors (Lipinski definition) is 2. The number of nitrogens with one attached hydrogen (secondary N) is 1. The number of aliphatic hydroxyl groups is 1. The molecule has 0 bridgehead atoms. The number of rotatable bonds is 5. The molecule has 2 aromatic heterocycles. The van der Waals surface area contributed by atoms with Crippen LogP contribution >= 0.6 is 0 Å². The van der Waals surface area contributed by atoms with Crippen LogP contribution in [0.5, 0.6) is 0 Å². The summed E-state index contributed by atoms with van der Waals surface area (Å²) >= 11 is 0. The largest absolute Gasteiger partial charge is 0.391 e. The van der Waals surface area contributed by atoms with Crippen molar-refractivity contribution in [3.05, 3.63) is 66.7 Å². The summed E-state index contributed by atoms with van der Waals surface area (Å²) in [7, 11) is 0. The first-order valence-electron chi connectivity index (χ1n) is 8.76. The molecule has 1 aromatic carbocycles. The van der Waals surface area contributed by atoms with E-state index in [1.807, 2.05) is 47.3 Å². The number of aromatic nitrogens is 4. The summed E-state index contributed by atoms with van der Waals surface area (Å²) in [4.78, 5) is 12.7. The molecule has 26 heavy (non-hydrogen) atoms. The van der Waals surface area contributed by atoms with Gasteiger partial charge in [0.05, 0.1) is 24.0 Å². The lowest BCUT2D eigenvalue weighted by molar-refractivity contribution is 0.0865. The minimum Gasteiger partial charge on any atom is -0.391 e. The maximum atomic E-state index is 12.7. The molecule has 1 aliphatic rings. The highest BCUT2D eigenvalue weighted by molar-refractivity contribution is 5.93. The smallest absolute Gasteiger partial charge is 0.270 e. The van der Waals surface area contributed by atoms with Crippen LogP contribution in [0.2, 0.25) is 0 Å². The Hall–Kier alpha value is -2.93. The standard InChI is InChI=1S/C19H21N5O2/c25-18-12-14(13-23-10-4-8-20-23)11-16(18)22-19(26)17-7-9-21-24(17)15-5-2-1-3-6-15/h1-10,14,16,18,25H,11-13H2,(H,22,26)/t14?,16-,18-/m1/s1. The molecule has 0 aliphatic heterocycles. The predicted octanol–water partition coefficient (Wildman–Crippen LogP) is 1.64. The average molecular weight is 351 g/mol. The minimum atomic E-state index is -0.549. The number of para-hydroxylation sites is 1. The highest BCUT2D eigenvalue weighted by atomic mass is 16.3. The summed E-state index contributed by atoms with van der Waals surface area (Å²) in [6.07, 6.45) is 6.10. The summed E-state index contributed by atoms with van der Waals surface area (Å²) in [6.45, 7) is 0.748. The number of nitrogens with zero attached hydrogens (tertiary/aromatic N) is 4. The van der Waals surface area contributed by atoms with Gasteiger partial charge in [-0.1, -0.05) is 18.2 Å². The molecule has 1 unspecified atom stereocenters. The maximum absolute atomic E-state index is 12.7. The Balaban J connectivity index is 1.43. The molecule has 3 atom stereocenters. The van der Waals surface area contributed by atoms with Gasteiger partial charge in [-0.2, -0.15) is 10.2 Å². The van der Waals surface area contributed by atoms with Crippen LogP contribution in [0.4, 0.5) is 0 Å². The van der Waals surface area contributed by atoms with Crippen LogP contribution in [-0.2, 0) is 6.54 Å². The first kappa shape index (κ1) is 16.5. The Labute approximate surface area is 151 Å². The van der Waals surface area contributed by atoms with Crippen molar-refractivity contribution in [1.82, 2.24) is 24.9 Å². The maximum Gasteiger partial charge on any atom is 0.270 e. The van der Waals surface area contributed by atoms with Gasteiger partial charge in [0.25, 0.3) is 5.91 Å². The van der Waals surface area contributed by atoms with Gasteiger partial charge in [0.2, 0.25) is 0 Å². The van der Waals surface area contributed by atoms with Gasteiger partial charge >= 0.3 is 0 Å². The van der Waals surface area contributed by atoms with Gasteiger partial charge < -0.3 is 10.4 Å². The normalized spacial score (nSPS) is 22.4. The number of hydrogen-bond acceptors (Lipinski definition) is 4. The zero-order chi connectivity index (χ0) is 17.9. The highest BCUT2D eigenvalue weighted by Gasteiger charge is 2.34. The summed E-state index contributed by atoms with van der Waals surface area (Å²) in [5.41, 5.74) is 1.28. The number of benzene rings is 1. The SMILES string of the molecule is O=C(N[C@@H]1CC(Cn2cccn2)C[C@H]1O)c1ccnn1-c1ccccc1. The molecular formula is C19H21N5O2. The van der Waals surface area contributed by atoms with Crippen LogP contribution in [0.25, 0.3) is 5.69 Å². The van der Waals surface area contributed by atoms with E-state index in [1.165, 1.54) is 0 Å². The lowest BCUT2D eigenvalue weighted by Crippen LogP contribution is -2.40. The fourth-order valence-corrected chi connectivity index (χ4v) is 3.59. The van der Waals surface area contributed by atoms with Gasteiger partial charge in [0.15, 0.2) is 0 Å². The average Bonchev–Trinajstić information content (AvgIpc) is 3.38. The third-order valence-corrected chi connectivity index (χ3v) is 4.82. The van der Waals surface area contributed by atoms with Gasteiger partial charge in [-0.05, 0) is 43.0 Å². The minimum absolute atomic E-state index is 0.227. The molecule has 2 heterocycles. The lowest BCUT2D eigenvalue weighted by Gasteiger charge is -2.17. The second-order valence-electron chi connectivity index (χ2n) is 6.68. The van der Waals surface area contributed by atoms with Gasteiger partial charge in [0.1, 0.15) is 5.69 Å². The number of aliphatic hydroxyl groups excluding tert-OH is 1. The Morgan fingerprint density at radius 3 is 2.73 bits per heavy atom. The summed E-state index contributed by atoms with van der Waals surface area (Å²) in [5, 5.41) is 21.8. The van der Waals surface area contributed by atoms with E-state index in [2.05, 4.69) is 15.5 Å². The first-order chi connectivity index (χ1) is 12.7. The third-order valence-electron chi connectivity index (χ3n) is 4.82. The molecule has 0 spiro atoms. The molecule has 7 nitrogen and oxygen atoms in total. The number of amides is 1. The number of carbonyl (C=O) groups excluding carboxylic acids is 1. The second kappa shape index (κ2) is 7.13. The van der Waals surface area contributed by atoms with E-state index < -0.39 is 6.10 Å². The van der Waals surface area contributed by atoms with Gasteiger partial charge in [-0.3, -0.25) is 9.48 Å². The molecule has 4 rings (SSSR count). The Bertz CT molecular complexity index is 859. The van der Waals surface area contributed by atoms with Crippen molar-refractivity contribution in [2.45, 2.75) is 31.5 Å². The topological polar surface area (TPSA) is 85.0 Å². The monoisotopic (exact) mass is 351 g/mol. The van der Waals surface area contributed by atoms with Crippen molar-refractivity contribution in [2.75, 3.05) is 0 Å². The van der Waals surface area contributed by atoms with Crippen molar-refractivity contribution in [3.8, 4) is 5.69 Å². The number of carbonyl (C=O) groups is 1. The fourth-order valence-electron chi connectivity index (χ4n) is 3.59. The van der Waals surface area contributed by atoms with Gasteiger partial charge in [0, 0.05) is 18.9 Å². The van der Waals surface area contributed by atoms with Crippen LogP contribution in [0.15, 0.2) is 61.1 Å². The van der Waals surface area contributed by atoms with E-state index in [0.29, 0.717) is 12.1 Å². The molecule has 7 heteroatoms. The quantitative estimate of drug-likeness (QED) is 0.732. The molecule has 1 saturated carbocycles. The Morgan fingerprint density at radius 2 is 1.96 bits per heavy atom. The highest BCUT2D eigenvalue weighted by Crippen LogP contribution is 2.27. The van der Waals surface area contributed by atoms with Gasteiger partial charge in [-0.15, -0.1) is 0 Å². The summed E-state index contributed by atoms with van der Waals surface area (Å²) in [6, 6.07) is 12.8. The van der Waals surface area contributed by atoms with Gasteiger partial charge in [-0.25, -0.2) is 4.68 Å². The first-order valence-corrected chi connectivity index (χ1v) is 8.76. The zero-order valence-corrected chi connectivity index (χ0v) is 14.3. The van der Waals surface area contributed by atoms with E-state index in [0.717, 1.165) is 18.7 Å². The fraction of sp³-hybridized carbons (Fsp3) is 0.316. The van der Waals surface area contributed by atoms with E-state index in [4.69, 9.17) is 0 Å². The second-order valence-corrected chi connectivity index (χ2v) is 6.68.